The molecule has 21 heavy (non-hydrogen) atoms. The number of hydrogen-bond donors (Lipinski definition) is 1. The van der Waals surface area contributed by atoms with Crippen molar-refractivity contribution in [1.29, 1.82) is 0 Å². The van der Waals surface area contributed by atoms with Gasteiger partial charge in [0.05, 0.1) is 0 Å². The first-order chi connectivity index (χ1) is 9.95. The number of nitrogens with one attached hydrogen (secondary N) is 1. The number of nitrogens with zero attached hydrogens (tertiary/aromatic N) is 1. The van der Waals surface area contributed by atoms with Gasteiger partial charge >= 0.3 is 0 Å². The fraction of sp³-hybridized carbons (Fsp3) is 0.250. The van der Waals surface area contributed by atoms with Crippen LogP contribution in [0.15, 0.2) is 42.7 Å². The minimum absolute atomic E-state index is 0.0545. The van der Waals surface area contributed by atoms with Crippen LogP contribution in [0.2, 0.25) is 5.02 Å². The molecule has 5 heteroatoms. The third-order valence-corrected chi connectivity index (χ3v) is 3.23. The number of carbonyl (C=O) groups excluding carboxylic acids is 2. The van der Waals surface area contributed by atoms with Gasteiger partial charge in [0.2, 0.25) is 5.91 Å². The lowest BCUT2D eigenvalue weighted by molar-refractivity contribution is -0.116. The number of ketones is 1. The van der Waals surface area contributed by atoms with Gasteiger partial charge in [-0.3, -0.25) is 9.59 Å². The van der Waals surface area contributed by atoms with Crippen LogP contribution in [0, 0.1) is 5.92 Å². The molecule has 0 spiro atoms. The lowest BCUT2D eigenvalue weighted by atomic mass is 10.0. The third kappa shape index (κ3) is 4.20. The Hall–Kier alpha value is -2.07. The second-order valence-corrected chi connectivity index (χ2v) is 5.59. The Balaban J connectivity index is 1.99. The predicted molar refractivity (Wildman–Crippen MR) is 83.7 cm³/mol. The van der Waals surface area contributed by atoms with E-state index in [0.29, 0.717) is 16.3 Å². The molecule has 4 nitrogen and oxygen atoms in total. The summed E-state index contributed by atoms with van der Waals surface area (Å²) in [5.41, 5.74) is 1.28. The molecule has 0 fully saturated rings. The summed E-state index contributed by atoms with van der Waals surface area (Å²) in [6.07, 6.45) is 3.42. The Kier molecular flexibility index (Phi) is 4.81. The fourth-order valence-electron chi connectivity index (χ4n) is 1.95. The Morgan fingerprint density at radius 3 is 2.71 bits per heavy atom. The zero-order chi connectivity index (χ0) is 15.4. The Morgan fingerprint density at radius 1 is 1.29 bits per heavy atom. The summed E-state index contributed by atoms with van der Waals surface area (Å²) in [6.45, 7) is 3.86. The first-order valence-electron chi connectivity index (χ1n) is 6.71. The summed E-state index contributed by atoms with van der Waals surface area (Å²) >= 11 is 5.86. The van der Waals surface area contributed by atoms with Crippen LogP contribution in [-0.2, 0) is 11.3 Å². The molecule has 1 N–H and O–H groups in total. The average Bonchev–Trinajstić information content (AvgIpc) is 2.85. The van der Waals surface area contributed by atoms with Crippen molar-refractivity contribution in [3.8, 4) is 0 Å². The highest BCUT2D eigenvalue weighted by Gasteiger charge is 2.12. The highest BCUT2D eigenvalue weighted by Crippen LogP contribution is 2.15. The molecule has 110 valence electrons. The van der Waals surface area contributed by atoms with Crippen molar-refractivity contribution < 1.29 is 9.59 Å². The Labute approximate surface area is 128 Å². The quantitative estimate of drug-likeness (QED) is 0.858. The predicted octanol–water partition coefficient (Wildman–Crippen LogP) is 3.62. The molecule has 0 aliphatic heterocycles. The minimum Gasteiger partial charge on any atom is -0.344 e. The zero-order valence-corrected chi connectivity index (χ0v) is 12.7. The first-order valence-corrected chi connectivity index (χ1v) is 7.09. The average molecular weight is 305 g/mol. The second kappa shape index (κ2) is 6.59. The smallest absolute Gasteiger partial charge is 0.244 e. The van der Waals surface area contributed by atoms with Crippen LogP contribution in [0.25, 0.3) is 0 Å². The van der Waals surface area contributed by atoms with Gasteiger partial charge in [-0.1, -0.05) is 31.5 Å². The molecule has 0 aliphatic rings. The van der Waals surface area contributed by atoms with Crippen LogP contribution < -0.4 is 5.32 Å². The molecule has 2 aromatic rings. The molecule has 1 amide bonds. The normalized spacial score (nSPS) is 10.7. The molecule has 0 saturated carbocycles. The van der Waals surface area contributed by atoms with Gasteiger partial charge in [0.25, 0.3) is 0 Å². The zero-order valence-electron chi connectivity index (χ0n) is 12.0. The van der Waals surface area contributed by atoms with Gasteiger partial charge in [0.1, 0.15) is 6.54 Å². The maximum atomic E-state index is 11.9. The minimum atomic E-state index is -0.170. The molecule has 0 atom stereocenters. The number of aromatic nitrogens is 1. The number of carbonyl (C=O) groups is 2. The number of amides is 1. The number of halogens is 1. The van der Waals surface area contributed by atoms with Crippen molar-refractivity contribution in [2.45, 2.75) is 20.4 Å². The van der Waals surface area contributed by atoms with E-state index in [0.717, 1.165) is 0 Å². The highest BCUT2D eigenvalue weighted by atomic mass is 35.5. The molecule has 1 aromatic carbocycles. The number of Topliss-reactive ketones (excluding diaryl/α,β-unsaturated/α-hetero) is 1. The maximum Gasteiger partial charge on any atom is 0.244 e. The van der Waals surface area contributed by atoms with Crippen LogP contribution in [0.3, 0.4) is 0 Å². The van der Waals surface area contributed by atoms with Crippen molar-refractivity contribution >= 4 is 29.0 Å². The van der Waals surface area contributed by atoms with E-state index in [9.17, 15) is 9.59 Å². The summed E-state index contributed by atoms with van der Waals surface area (Å²) in [5, 5.41) is 3.33. The number of rotatable bonds is 5. The summed E-state index contributed by atoms with van der Waals surface area (Å²) in [4.78, 5) is 23.8. The molecule has 0 radical (unpaired) electrons. The van der Waals surface area contributed by atoms with E-state index in [4.69, 9.17) is 11.6 Å². The molecule has 2 rings (SSSR count). The van der Waals surface area contributed by atoms with Gasteiger partial charge in [-0.25, -0.2) is 0 Å². The monoisotopic (exact) mass is 304 g/mol. The van der Waals surface area contributed by atoms with E-state index in [-0.39, 0.29) is 24.2 Å². The third-order valence-electron chi connectivity index (χ3n) is 2.99. The van der Waals surface area contributed by atoms with E-state index in [1.807, 2.05) is 13.8 Å². The van der Waals surface area contributed by atoms with Crippen LogP contribution in [0.5, 0.6) is 0 Å². The summed E-state index contributed by atoms with van der Waals surface area (Å²) in [5.74, 6) is -0.151. The van der Waals surface area contributed by atoms with Crippen molar-refractivity contribution in [3.63, 3.8) is 0 Å². The van der Waals surface area contributed by atoms with Gasteiger partial charge < -0.3 is 9.88 Å². The molecule has 1 aromatic heterocycles. The second-order valence-electron chi connectivity index (χ2n) is 5.15. The van der Waals surface area contributed by atoms with Crippen molar-refractivity contribution in [2.24, 2.45) is 5.92 Å². The summed E-state index contributed by atoms with van der Waals surface area (Å²) in [6, 6.07) is 8.70. The van der Waals surface area contributed by atoms with Gasteiger partial charge in [-0.05, 0) is 24.3 Å². The van der Waals surface area contributed by atoms with Gasteiger partial charge in [0.15, 0.2) is 5.78 Å². The topological polar surface area (TPSA) is 51.1 Å². The van der Waals surface area contributed by atoms with Gasteiger partial charge in [-0.2, -0.15) is 0 Å². The van der Waals surface area contributed by atoms with E-state index in [1.54, 1.807) is 47.3 Å². The van der Waals surface area contributed by atoms with Crippen LogP contribution in [0.4, 0.5) is 5.69 Å². The number of hydrogen-bond acceptors (Lipinski definition) is 2. The van der Waals surface area contributed by atoms with Gasteiger partial charge in [-0.15, -0.1) is 0 Å². The maximum absolute atomic E-state index is 11.9. The molecule has 0 unspecified atom stereocenters. The largest absolute Gasteiger partial charge is 0.344 e. The molecule has 0 bridgehead atoms. The standard InChI is InChI=1S/C16H17ClN2O2/c1-11(2)16(21)12-6-7-19(9-12)10-15(20)18-14-5-3-4-13(17)8-14/h3-9,11H,10H2,1-2H3,(H,18,20). The van der Waals surface area contributed by atoms with Gasteiger partial charge in [0, 0.05) is 34.6 Å². The Morgan fingerprint density at radius 2 is 2.05 bits per heavy atom. The van der Waals surface area contributed by atoms with E-state index >= 15 is 0 Å². The van der Waals surface area contributed by atoms with Crippen LogP contribution >= 0.6 is 11.6 Å². The lowest BCUT2D eigenvalue weighted by Gasteiger charge is -2.06. The Bertz CT molecular complexity index is 662. The fourth-order valence-corrected chi connectivity index (χ4v) is 2.14. The molecular formula is C16H17ClN2O2. The van der Waals surface area contributed by atoms with Crippen LogP contribution in [-0.4, -0.2) is 16.3 Å². The highest BCUT2D eigenvalue weighted by molar-refractivity contribution is 6.30. The van der Waals surface area contributed by atoms with E-state index in [2.05, 4.69) is 5.32 Å². The number of anilines is 1. The van der Waals surface area contributed by atoms with E-state index in [1.165, 1.54) is 0 Å². The molecule has 0 saturated heterocycles. The molecular weight excluding hydrogens is 288 g/mol. The van der Waals surface area contributed by atoms with Crippen molar-refractivity contribution in [2.75, 3.05) is 5.32 Å². The SMILES string of the molecule is CC(C)C(=O)c1ccn(CC(=O)Nc2cccc(Cl)c2)c1. The first kappa shape index (κ1) is 15.3. The summed E-state index contributed by atoms with van der Waals surface area (Å²) in [7, 11) is 0. The van der Waals surface area contributed by atoms with E-state index < -0.39 is 0 Å². The summed E-state index contributed by atoms with van der Waals surface area (Å²) < 4.78 is 1.69. The van der Waals surface area contributed by atoms with Crippen LogP contribution in [0.1, 0.15) is 24.2 Å². The number of benzene rings is 1. The molecule has 0 aliphatic carbocycles. The lowest BCUT2D eigenvalue weighted by Crippen LogP contribution is -2.18. The van der Waals surface area contributed by atoms with Crippen molar-refractivity contribution in [1.82, 2.24) is 4.57 Å². The molecule has 1 heterocycles. The van der Waals surface area contributed by atoms with Crippen molar-refractivity contribution in [3.05, 3.63) is 53.3 Å².